The van der Waals surface area contributed by atoms with Gasteiger partial charge in [-0.15, -0.1) is 0 Å². The number of aromatic amines is 1. The van der Waals surface area contributed by atoms with E-state index in [2.05, 4.69) is 21.9 Å². The van der Waals surface area contributed by atoms with E-state index in [4.69, 9.17) is 5.73 Å². The van der Waals surface area contributed by atoms with E-state index in [1.807, 2.05) is 0 Å². The zero-order chi connectivity index (χ0) is 8.72. The molecule has 5 heteroatoms. The number of hydrogen-bond acceptors (Lipinski definition) is 4. The zero-order valence-corrected chi connectivity index (χ0v) is 6.35. The second-order valence-corrected chi connectivity index (χ2v) is 2.68. The maximum Gasteiger partial charge on any atom is 0.258 e. The summed E-state index contributed by atoms with van der Waals surface area (Å²) in [6.07, 6.45) is 0.526. The van der Waals surface area contributed by atoms with Gasteiger partial charge in [0.1, 0.15) is 5.82 Å². The molecular formula is C7H8N4O. The number of anilines is 2. The molecule has 0 aliphatic carbocycles. The van der Waals surface area contributed by atoms with Crippen LogP contribution in [0.2, 0.25) is 0 Å². The van der Waals surface area contributed by atoms with Gasteiger partial charge in [-0.3, -0.25) is 9.78 Å². The molecule has 0 bridgehead atoms. The molecule has 1 aliphatic heterocycles. The Morgan fingerprint density at radius 2 is 2.33 bits per heavy atom. The molecule has 5 nitrogen and oxygen atoms in total. The maximum absolute atomic E-state index is 11.2. The largest absolute Gasteiger partial charge is 0.369 e. The molecule has 0 fully saturated rings. The lowest BCUT2D eigenvalue weighted by Gasteiger charge is -1.97. The fraction of sp³-hybridized carbons (Fsp3) is 0.143. The topological polar surface area (TPSA) is 83.8 Å². The van der Waals surface area contributed by atoms with Crippen LogP contribution in [0.15, 0.2) is 17.1 Å². The lowest BCUT2D eigenvalue weighted by atomic mass is 10.2. The van der Waals surface area contributed by atoms with Crippen molar-refractivity contribution >= 4 is 11.8 Å². The monoisotopic (exact) mass is 164 g/mol. The number of fused-ring (bicyclic) bond motifs is 1. The number of hydrogen-bond donors (Lipinski definition) is 3. The average Bonchev–Trinajstić information content (AvgIpc) is 2.29. The number of rotatable bonds is 0. The third-order valence-electron chi connectivity index (χ3n) is 1.72. The van der Waals surface area contributed by atoms with Gasteiger partial charge < -0.3 is 11.1 Å². The van der Waals surface area contributed by atoms with E-state index in [0.29, 0.717) is 17.8 Å². The van der Waals surface area contributed by atoms with E-state index in [-0.39, 0.29) is 11.5 Å². The summed E-state index contributed by atoms with van der Waals surface area (Å²) in [5.74, 6) is 0.655. The summed E-state index contributed by atoms with van der Waals surface area (Å²) >= 11 is 0. The Labute approximate surface area is 68.3 Å². The van der Waals surface area contributed by atoms with Crippen molar-refractivity contribution in [1.82, 2.24) is 9.97 Å². The molecule has 4 N–H and O–H groups in total. The maximum atomic E-state index is 11.2. The van der Waals surface area contributed by atoms with Crippen LogP contribution >= 0.6 is 0 Å². The highest BCUT2D eigenvalue weighted by Crippen LogP contribution is 2.20. The molecule has 62 valence electrons. The van der Waals surface area contributed by atoms with Crippen molar-refractivity contribution in [3.05, 3.63) is 28.2 Å². The van der Waals surface area contributed by atoms with E-state index in [9.17, 15) is 4.79 Å². The standard InChI is InChI=1S/C7H8N4O/c1-3-2-4-5(9-3)10-7(8)11-6(4)12/h1-2H2,(H4,8,9,10,11,12). The average molecular weight is 164 g/mol. The Balaban J connectivity index is 2.67. The molecule has 1 aromatic rings. The van der Waals surface area contributed by atoms with Crippen molar-refractivity contribution in [2.75, 3.05) is 11.1 Å². The first-order valence-electron chi connectivity index (χ1n) is 3.50. The molecule has 12 heavy (non-hydrogen) atoms. The number of allylic oxidation sites excluding steroid dienone is 1. The molecule has 0 aromatic carbocycles. The summed E-state index contributed by atoms with van der Waals surface area (Å²) in [7, 11) is 0. The van der Waals surface area contributed by atoms with Gasteiger partial charge >= 0.3 is 0 Å². The van der Waals surface area contributed by atoms with Crippen molar-refractivity contribution in [2.45, 2.75) is 6.42 Å². The van der Waals surface area contributed by atoms with Crippen molar-refractivity contribution in [3.8, 4) is 0 Å². The SMILES string of the molecule is C=C1Cc2c(nc(N)[nH]c2=O)N1. The van der Waals surface area contributed by atoms with Crippen LogP contribution in [0, 0.1) is 0 Å². The van der Waals surface area contributed by atoms with Crippen LogP contribution in [-0.2, 0) is 6.42 Å². The lowest BCUT2D eigenvalue weighted by molar-refractivity contribution is 1.09. The fourth-order valence-electron chi connectivity index (χ4n) is 1.21. The van der Waals surface area contributed by atoms with Gasteiger partial charge in [-0.05, 0) is 0 Å². The predicted octanol–water partition coefficient (Wildman–Crippen LogP) is -0.166. The van der Waals surface area contributed by atoms with Gasteiger partial charge in [0.15, 0.2) is 0 Å². The third kappa shape index (κ3) is 0.868. The van der Waals surface area contributed by atoms with Gasteiger partial charge in [0.2, 0.25) is 5.95 Å². The number of nitrogens with two attached hydrogens (primary N) is 1. The summed E-state index contributed by atoms with van der Waals surface area (Å²) in [6.45, 7) is 3.69. The highest BCUT2D eigenvalue weighted by molar-refractivity contribution is 5.57. The van der Waals surface area contributed by atoms with Crippen molar-refractivity contribution < 1.29 is 0 Å². The molecule has 2 heterocycles. The van der Waals surface area contributed by atoms with E-state index in [1.54, 1.807) is 0 Å². The highest BCUT2D eigenvalue weighted by atomic mass is 16.1. The molecule has 0 amide bonds. The Hall–Kier alpha value is -1.78. The molecule has 1 aliphatic rings. The molecule has 0 saturated heterocycles. The van der Waals surface area contributed by atoms with Crippen molar-refractivity contribution in [2.24, 2.45) is 0 Å². The van der Waals surface area contributed by atoms with Crippen LogP contribution in [0.3, 0.4) is 0 Å². The van der Waals surface area contributed by atoms with E-state index in [1.165, 1.54) is 0 Å². The Bertz CT molecular complexity index is 406. The number of nitrogen functional groups attached to an aromatic ring is 1. The normalized spacial score (nSPS) is 14.2. The number of nitrogens with one attached hydrogen (secondary N) is 2. The van der Waals surface area contributed by atoms with Gasteiger partial charge in [0.25, 0.3) is 5.56 Å². The Morgan fingerprint density at radius 1 is 1.58 bits per heavy atom. The number of H-pyrrole nitrogens is 1. The van der Waals surface area contributed by atoms with E-state index < -0.39 is 0 Å². The van der Waals surface area contributed by atoms with Crippen LogP contribution in [0.1, 0.15) is 5.56 Å². The molecular weight excluding hydrogens is 156 g/mol. The number of aromatic nitrogens is 2. The Kier molecular flexibility index (Phi) is 1.21. The quantitative estimate of drug-likeness (QED) is 0.497. The second kappa shape index (κ2) is 2.10. The van der Waals surface area contributed by atoms with Crippen molar-refractivity contribution in [1.29, 1.82) is 0 Å². The molecule has 0 atom stereocenters. The third-order valence-corrected chi connectivity index (χ3v) is 1.72. The molecule has 0 unspecified atom stereocenters. The first-order valence-corrected chi connectivity index (χ1v) is 3.50. The molecule has 0 spiro atoms. The minimum Gasteiger partial charge on any atom is -0.369 e. The fourth-order valence-corrected chi connectivity index (χ4v) is 1.21. The van der Waals surface area contributed by atoms with Crippen LogP contribution in [0.25, 0.3) is 0 Å². The van der Waals surface area contributed by atoms with Gasteiger partial charge in [0, 0.05) is 12.1 Å². The summed E-state index contributed by atoms with van der Waals surface area (Å²) in [5.41, 5.74) is 6.53. The molecule has 0 radical (unpaired) electrons. The first-order chi connectivity index (χ1) is 5.66. The summed E-state index contributed by atoms with van der Waals surface area (Å²) in [6, 6.07) is 0. The van der Waals surface area contributed by atoms with Crippen LogP contribution in [-0.4, -0.2) is 9.97 Å². The first kappa shape index (κ1) is 6.90. The second-order valence-electron chi connectivity index (χ2n) is 2.68. The molecule has 2 rings (SSSR count). The summed E-state index contributed by atoms with van der Waals surface area (Å²) in [4.78, 5) is 17.6. The van der Waals surface area contributed by atoms with Crippen molar-refractivity contribution in [3.63, 3.8) is 0 Å². The van der Waals surface area contributed by atoms with Gasteiger partial charge in [-0.2, -0.15) is 4.98 Å². The molecule has 1 aromatic heterocycles. The Morgan fingerprint density at radius 3 is 3.08 bits per heavy atom. The van der Waals surface area contributed by atoms with Crippen LogP contribution < -0.4 is 16.6 Å². The van der Waals surface area contributed by atoms with Gasteiger partial charge in [-0.1, -0.05) is 6.58 Å². The van der Waals surface area contributed by atoms with Gasteiger partial charge in [-0.25, -0.2) is 0 Å². The smallest absolute Gasteiger partial charge is 0.258 e. The minimum atomic E-state index is -0.191. The van der Waals surface area contributed by atoms with Crippen LogP contribution in [0.5, 0.6) is 0 Å². The zero-order valence-electron chi connectivity index (χ0n) is 6.35. The predicted molar refractivity (Wildman–Crippen MR) is 45.7 cm³/mol. The van der Waals surface area contributed by atoms with Gasteiger partial charge in [0.05, 0.1) is 5.56 Å². The highest BCUT2D eigenvalue weighted by Gasteiger charge is 2.18. The van der Waals surface area contributed by atoms with E-state index >= 15 is 0 Å². The summed E-state index contributed by atoms with van der Waals surface area (Å²) < 4.78 is 0. The lowest BCUT2D eigenvalue weighted by Crippen LogP contribution is -2.14. The van der Waals surface area contributed by atoms with E-state index in [0.717, 1.165) is 5.70 Å². The van der Waals surface area contributed by atoms with Crippen LogP contribution in [0.4, 0.5) is 11.8 Å². The molecule has 0 saturated carbocycles. The number of nitrogens with zero attached hydrogens (tertiary/aromatic N) is 1. The minimum absolute atomic E-state index is 0.126. The summed E-state index contributed by atoms with van der Waals surface area (Å²) in [5, 5.41) is 2.87.